The Hall–Kier alpha value is -3.17. The van der Waals surface area contributed by atoms with Crippen molar-refractivity contribution in [2.24, 2.45) is 4.99 Å². The third kappa shape index (κ3) is 4.56. The minimum atomic E-state index is -1.08. The van der Waals surface area contributed by atoms with Crippen molar-refractivity contribution < 1.29 is 19.2 Å². The Labute approximate surface area is 168 Å². The second-order valence-corrected chi connectivity index (χ2v) is 6.48. The van der Waals surface area contributed by atoms with Gasteiger partial charge in [-0.2, -0.15) is 0 Å². The molecule has 0 saturated heterocycles. The highest BCUT2D eigenvalue weighted by molar-refractivity contribution is 6.35. The van der Waals surface area contributed by atoms with Crippen LogP contribution in [0.4, 0.5) is 17.1 Å². The van der Waals surface area contributed by atoms with Crippen LogP contribution in [0.5, 0.6) is 5.75 Å². The van der Waals surface area contributed by atoms with E-state index in [4.69, 9.17) is 27.9 Å². The van der Waals surface area contributed by atoms with Crippen LogP contribution in [0.15, 0.2) is 41.4 Å². The average Bonchev–Trinajstić information content (AvgIpc) is 2.79. The van der Waals surface area contributed by atoms with Crippen LogP contribution in [-0.4, -0.2) is 35.6 Å². The van der Waals surface area contributed by atoms with E-state index in [1.54, 1.807) is 6.07 Å². The van der Waals surface area contributed by atoms with Crippen LogP contribution in [0.3, 0.4) is 0 Å². The summed E-state index contributed by atoms with van der Waals surface area (Å²) in [6.45, 7) is -0.391. The SMILES string of the molecule is O=C(COc1ccc(Cl)cc1Cl)N[C@@H]1C=Nc2ccc([N+](=O)[O-])cc2NC1=O. The lowest BCUT2D eigenvalue weighted by Gasteiger charge is -2.13. The van der Waals surface area contributed by atoms with Gasteiger partial charge >= 0.3 is 0 Å². The molecule has 0 unspecified atom stereocenters. The van der Waals surface area contributed by atoms with Crippen LogP contribution >= 0.6 is 23.2 Å². The molecule has 2 N–H and O–H groups in total. The van der Waals surface area contributed by atoms with E-state index in [-0.39, 0.29) is 22.1 Å². The summed E-state index contributed by atoms with van der Waals surface area (Å²) >= 11 is 11.8. The molecule has 9 nitrogen and oxygen atoms in total. The van der Waals surface area contributed by atoms with Crippen LogP contribution < -0.4 is 15.4 Å². The summed E-state index contributed by atoms with van der Waals surface area (Å²) in [6.07, 6.45) is 1.24. The summed E-state index contributed by atoms with van der Waals surface area (Å²) < 4.78 is 5.31. The molecule has 2 amide bonds. The van der Waals surface area contributed by atoms with Gasteiger partial charge in [0, 0.05) is 23.4 Å². The van der Waals surface area contributed by atoms with Crippen molar-refractivity contribution in [1.82, 2.24) is 5.32 Å². The van der Waals surface area contributed by atoms with Crippen molar-refractivity contribution in [3.63, 3.8) is 0 Å². The predicted octanol–water partition coefficient (Wildman–Crippen LogP) is 3.12. The molecule has 11 heteroatoms. The number of carbonyl (C=O) groups is 2. The lowest BCUT2D eigenvalue weighted by Crippen LogP contribution is -2.46. The standard InChI is InChI=1S/C17H12Cl2N4O5/c18-9-1-4-15(11(19)5-9)28-8-16(24)21-14-7-20-12-3-2-10(23(26)27)6-13(12)22-17(14)25/h1-7,14H,8H2,(H,21,24)(H,22,25)/t14-/m1/s1. The smallest absolute Gasteiger partial charge is 0.271 e. The number of hydrogen-bond donors (Lipinski definition) is 2. The second-order valence-electron chi connectivity index (χ2n) is 5.63. The number of nitrogens with zero attached hydrogens (tertiary/aromatic N) is 2. The van der Waals surface area contributed by atoms with Crippen molar-refractivity contribution in [1.29, 1.82) is 0 Å². The number of ether oxygens (including phenoxy) is 1. The summed E-state index contributed by atoms with van der Waals surface area (Å²) in [4.78, 5) is 38.8. The molecule has 1 aliphatic heterocycles. The van der Waals surface area contributed by atoms with Crippen molar-refractivity contribution in [2.45, 2.75) is 6.04 Å². The summed E-state index contributed by atoms with van der Waals surface area (Å²) in [5.74, 6) is -0.921. The number of nitrogens with one attached hydrogen (secondary N) is 2. The molecule has 1 atom stereocenters. The van der Waals surface area contributed by atoms with E-state index < -0.39 is 29.4 Å². The van der Waals surface area contributed by atoms with E-state index in [1.807, 2.05) is 0 Å². The first-order chi connectivity index (χ1) is 13.3. The highest BCUT2D eigenvalue weighted by Gasteiger charge is 2.24. The zero-order valence-corrected chi connectivity index (χ0v) is 15.5. The number of carbonyl (C=O) groups excluding carboxylic acids is 2. The largest absolute Gasteiger partial charge is 0.482 e. The molecule has 3 rings (SSSR count). The molecule has 0 radical (unpaired) electrons. The third-order valence-corrected chi connectivity index (χ3v) is 4.19. The minimum Gasteiger partial charge on any atom is -0.482 e. The second kappa shape index (κ2) is 8.24. The molecule has 0 bridgehead atoms. The van der Waals surface area contributed by atoms with Gasteiger partial charge in [-0.05, 0) is 24.3 Å². The Bertz CT molecular complexity index is 996. The number of fused-ring (bicyclic) bond motifs is 1. The number of aliphatic imine (C=N–C) groups is 1. The maximum Gasteiger partial charge on any atom is 0.271 e. The van der Waals surface area contributed by atoms with Gasteiger partial charge in [0.1, 0.15) is 11.8 Å². The lowest BCUT2D eigenvalue weighted by atomic mass is 10.2. The number of amides is 2. The Morgan fingerprint density at radius 3 is 2.79 bits per heavy atom. The van der Waals surface area contributed by atoms with E-state index >= 15 is 0 Å². The van der Waals surface area contributed by atoms with Crippen LogP contribution in [0.2, 0.25) is 10.0 Å². The maximum absolute atomic E-state index is 12.3. The zero-order chi connectivity index (χ0) is 20.3. The molecule has 28 heavy (non-hydrogen) atoms. The fourth-order valence-electron chi connectivity index (χ4n) is 2.34. The van der Waals surface area contributed by atoms with Crippen molar-refractivity contribution >= 4 is 58.3 Å². The normalized spacial score (nSPS) is 15.2. The highest BCUT2D eigenvalue weighted by Crippen LogP contribution is 2.30. The van der Waals surface area contributed by atoms with Gasteiger partial charge in [-0.15, -0.1) is 0 Å². The van der Waals surface area contributed by atoms with Crippen LogP contribution in [0.25, 0.3) is 0 Å². The molecule has 0 fully saturated rings. The number of hydrogen-bond acceptors (Lipinski definition) is 6. The van der Waals surface area contributed by atoms with Gasteiger partial charge in [0.25, 0.3) is 17.5 Å². The molecule has 144 valence electrons. The molecule has 2 aromatic rings. The number of anilines is 1. The van der Waals surface area contributed by atoms with Crippen LogP contribution in [0, 0.1) is 10.1 Å². The van der Waals surface area contributed by atoms with Gasteiger partial charge in [-0.25, -0.2) is 0 Å². The lowest BCUT2D eigenvalue weighted by molar-refractivity contribution is -0.384. The average molecular weight is 423 g/mol. The van der Waals surface area contributed by atoms with E-state index in [2.05, 4.69) is 15.6 Å². The number of rotatable bonds is 5. The fourth-order valence-corrected chi connectivity index (χ4v) is 2.80. The minimum absolute atomic E-state index is 0.177. The van der Waals surface area contributed by atoms with Crippen LogP contribution in [0.1, 0.15) is 0 Å². The van der Waals surface area contributed by atoms with E-state index in [0.29, 0.717) is 10.7 Å². The third-order valence-electron chi connectivity index (χ3n) is 3.66. The maximum atomic E-state index is 12.3. The van der Waals surface area contributed by atoms with Gasteiger partial charge < -0.3 is 15.4 Å². The van der Waals surface area contributed by atoms with Gasteiger partial charge in [0.2, 0.25) is 0 Å². The van der Waals surface area contributed by atoms with Gasteiger partial charge in [0.05, 0.1) is 21.3 Å². The highest BCUT2D eigenvalue weighted by atomic mass is 35.5. The molecule has 1 aliphatic rings. The molecule has 0 aliphatic carbocycles. The predicted molar refractivity (Wildman–Crippen MR) is 104 cm³/mol. The van der Waals surface area contributed by atoms with Crippen LogP contribution in [-0.2, 0) is 9.59 Å². The Morgan fingerprint density at radius 1 is 1.29 bits per heavy atom. The molecule has 0 saturated carbocycles. The Kier molecular flexibility index (Phi) is 5.76. The topological polar surface area (TPSA) is 123 Å². The first-order valence-electron chi connectivity index (χ1n) is 7.84. The molecule has 0 spiro atoms. The summed E-state index contributed by atoms with van der Waals surface area (Å²) in [5, 5.41) is 16.5. The van der Waals surface area contributed by atoms with E-state index in [9.17, 15) is 19.7 Å². The molecular formula is C17H12Cl2N4O5. The van der Waals surface area contributed by atoms with Gasteiger partial charge in [-0.1, -0.05) is 23.2 Å². The Balaban J connectivity index is 1.64. The number of non-ortho nitro benzene ring substituents is 1. The first-order valence-corrected chi connectivity index (χ1v) is 8.60. The summed E-state index contributed by atoms with van der Waals surface area (Å²) in [6, 6.07) is 7.33. The number of nitro benzene ring substituents is 1. The molecule has 0 aromatic heterocycles. The number of benzene rings is 2. The molecule has 2 aromatic carbocycles. The number of nitro groups is 1. The Morgan fingerprint density at radius 2 is 2.07 bits per heavy atom. The number of halogens is 2. The summed E-state index contributed by atoms with van der Waals surface area (Å²) in [7, 11) is 0. The van der Waals surface area contributed by atoms with Crippen molar-refractivity contribution in [2.75, 3.05) is 11.9 Å². The van der Waals surface area contributed by atoms with Crippen molar-refractivity contribution in [3.05, 3.63) is 56.6 Å². The molecule has 1 heterocycles. The molecular weight excluding hydrogens is 411 g/mol. The van der Waals surface area contributed by atoms with Gasteiger partial charge in [-0.3, -0.25) is 24.7 Å². The quantitative estimate of drug-likeness (QED) is 0.565. The van der Waals surface area contributed by atoms with E-state index in [1.165, 1.54) is 36.5 Å². The summed E-state index contributed by atoms with van der Waals surface area (Å²) in [5.41, 5.74) is 0.321. The zero-order valence-electron chi connectivity index (χ0n) is 14.0. The van der Waals surface area contributed by atoms with E-state index in [0.717, 1.165) is 0 Å². The fraction of sp³-hybridized carbons (Fsp3) is 0.118. The van der Waals surface area contributed by atoms with Crippen molar-refractivity contribution in [3.8, 4) is 5.75 Å². The first kappa shape index (κ1) is 19.6. The monoisotopic (exact) mass is 422 g/mol. The van der Waals surface area contributed by atoms with Gasteiger partial charge in [0.15, 0.2) is 6.61 Å².